The van der Waals surface area contributed by atoms with Crippen LogP contribution in [0.3, 0.4) is 0 Å². The van der Waals surface area contributed by atoms with Crippen molar-refractivity contribution in [2.75, 3.05) is 13.1 Å². The van der Waals surface area contributed by atoms with Crippen LogP contribution in [0, 0.1) is 11.8 Å². The van der Waals surface area contributed by atoms with Crippen LogP contribution in [-0.2, 0) is 19.1 Å². The van der Waals surface area contributed by atoms with Gasteiger partial charge in [0.15, 0.2) is 0 Å². The fourth-order valence-corrected chi connectivity index (χ4v) is 8.94. The zero-order valence-corrected chi connectivity index (χ0v) is 36.0. The van der Waals surface area contributed by atoms with E-state index in [4.69, 9.17) is 14.5 Å². The number of alkyl carbamates (subject to hydrolysis) is 2. The number of ether oxygens (including phenoxy) is 2. The molecule has 2 saturated carbocycles. The van der Waals surface area contributed by atoms with Crippen molar-refractivity contribution in [3.05, 3.63) is 96.9 Å². The molecule has 4 aromatic rings. The van der Waals surface area contributed by atoms with E-state index in [1.54, 1.807) is 16.0 Å². The summed E-state index contributed by atoms with van der Waals surface area (Å²) in [4.78, 5) is 72.9. The Balaban J connectivity index is 0.882. The maximum atomic E-state index is 13.8. The first-order valence-electron chi connectivity index (χ1n) is 22.2. The van der Waals surface area contributed by atoms with Gasteiger partial charge >= 0.3 is 12.2 Å². The van der Waals surface area contributed by atoms with E-state index in [0.29, 0.717) is 24.7 Å². The van der Waals surface area contributed by atoms with E-state index in [1.807, 2.05) is 82.5 Å². The molecule has 0 bridgehead atoms. The van der Waals surface area contributed by atoms with Crippen molar-refractivity contribution in [3.63, 3.8) is 0 Å². The van der Waals surface area contributed by atoms with E-state index in [1.165, 1.54) is 0 Å². The van der Waals surface area contributed by atoms with Crippen LogP contribution in [0.15, 0.2) is 85.2 Å². The molecule has 4 heterocycles. The molecule has 0 radical (unpaired) electrons. The number of aromatic nitrogens is 4. The predicted octanol–water partition coefficient (Wildman–Crippen LogP) is 8.40. The minimum absolute atomic E-state index is 0.0832. The lowest BCUT2D eigenvalue weighted by Gasteiger charge is -2.30. The summed E-state index contributed by atoms with van der Waals surface area (Å²) in [5.41, 5.74) is 5.57. The van der Waals surface area contributed by atoms with Gasteiger partial charge in [-0.3, -0.25) is 9.59 Å². The lowest BCUT2D eigenvalue weighted by atomic mass is 10.0. The number of rotatable bonds is 13. The molecule has 0 saturated heterocycles. The van der Waals surface area contributed by atoms with Crippen LogP contribution in [0.2, 0.25) is 0 Å². The molecule has 326 valence electrons. The molecule has 4 atom stereocenters. The maximum Gasteiger partial charge on any atom is 0.408 e. The molecule has 2 fully saturated rings. The molecule has 4 N–H and O–H groups in total. The molecular formula is C48H58N8O6. The molecule has 2 aromatic heterocycles. The van der Waals surface area contributed by atoms with Crippen molar-refractivity contribution in [2.24, 2.45) is 11.8 Å². The summed E-state index contributed by atoms with van der Waals surface area (Å²) in [6, 6.07) is 14.2. The normalized spacial score (nSPS) is 20.0. The van der Waals surface area contributed by atoms with E-state index in [-0.39, 0.29) is 47.9 Å². The molecule has 0 spiro atoms. The number of amides is 4. The van der Waals surface area contributed by atoms with E-state index >= 15 is 0 Å². The first-order chi connectivity index (χ1) is 30.0. The third-order valence-electron chi connectivity index (χ3n) is 12.5. The molecule has 14 heteroatoms. The Hall–Kier alpha value is -6.18. The second-order valence-electron chi connectivity index (χ2n) is 17.6. The number of carbonyl (C=O) groups is 4. The van der Waals surface area contributed by atoms with Gasteiger partial charge in [-0.05, 0) is 79.9 Å². The molecule has 62 heavy (non-hydrogen) atoms. The average molecular weight is 843 g/mol. The second-order valence-corrected chi connectivity index (χ2v) is 17.6. The number of benzene rings is 2. The first kappa shape index (κ1) is 42.5. The summed E-state index contributed by atoms with van der Waals surface area (Å²) in [5, 5.41) is 5.69. The number of hydrogen-bond acceptors (Lipinski definition) is 8. The third kappa shape index (κ3) is 9.49. The van der Waals surface area contributed by atoms with Crippen molar-refractivity contribution >= 4 is 24.0 Å². The fourth-order valence-electron chi connectivity index (χ4n) is 8.94. The van der Waals surface area contributed by atoms with E-state index in [2.05, 4.69) is 49.9 Å². The fraction of sp³-hybridized carbons (Fsp3) is 0.458. The molecule has 14 nitrogen and oxygen atoms in total. The lowest BCUT2D eigenvalue weighted by Crippen LogP contribution is -2.51. The van der Waals surface area contributed by atoms with Crippen molar-refractivity contribution in [2.45, 2.75) is 115 Å². The predicted molar refractivity (Wildman–Crippen MR) is 235 cm³/mol. The first-order valence-corrected chi connectivity index (χ1v) is 22.2. The quantitative estimate of drug-likeness (QED) is 0.0971. The highest BCUT2D eigenvalue weighted by Crippen LogP contribution is 2.32. The molecular weight excluding hydrogens is 785 g/mol. The molecule has 2 aliphatic carbocycles. The van der Waals surface area contributed by atoms with Gasteiger partial charge < -0.3 is 39.9 Å². The van der Waals surface area contributed by atoms with Crippen LogP contribution >= 0.6 is 0 Å². The van der Waals surface area contributed by atoms with Gasteiger partial charge in [-0.1, -0.05) is 101 Å². The molecule has 2 aromatic carbocycles. The molecule has 4 aliphatic rings. The highest BCUT2D eigenvalue weighted by molar-refractivity contribution is 5.88. The zero-order chi connectivity index (χ0) is 43.3. The monoisotopic (exact) mass is 842 g/mol. The summed E-state index contributed by atoms with van der Waals surface area (Å²) >= 11 is 0. The molecule has 4 amide bonds. The van der Waals surface area contributed by atoms with Crippen molar-refractivity contribution in [1.82, 2.24) is 40.4 Å². The average Bonchev–Trinajstić information content (AvgIpc) is 4.12. The Bertz CT molecular complexity index is 2110. The topological polar surface area (TPSA) is 175 Å². The Labute approximate surface area is 362 Å². The van der Waals surface area contributed by atoms with Crippen LogP contribution in [0.5, 0.6) is 0 Å². The third-order valence-corrected chi connectivity index (χ3v) is 12.5. The number of hydrogen-bond donors (Lipinski definition) is 4. The van der Waals surface area contributed by atoms with Gasteiger partial charge in [0, 0.05) is 24.8 Å². The second kappa shape index (κ2) is 18.8. The zero-order valence-electron chi connectivity index (χ0n) is 36.0. The molecule has 8 rings (SSSR count). The Morgan fingerprint density at radius 2 is 1.10 bits per heavy atom. The summed E-state index contributed by atoms with van der Waals surface area (Å²) in [7, 11) is 0. The number of imidazole rings is 2. The van der Waals surface area contributed by atoms with Gasteiger partial charge in [-0.2, -0.15) is 0 Å². The molecule has 2 aliphatic heterocycles. The van der Waals surface area contributed by atoms with Crippen LogP contribution in [0.25, 0.3) is 33.6 Å². The minimum atomic E-state index is -0.719. The number of nitrogens with zero attached hydrogens (tertiary/aromatic N) is 4. The number of carbonyl (C=O) groups excluding carboxylic acids is 4. The van der Waals surface area contributed by atoms with Gasteiger partial charge in [-0.15, -0.1) is 0 Å². The van der Waals surface area contributed by atoms with Gasteiger partial charge in [0.1, 0.15) is 48.0 Å². The van der Waals surface area contributed by atoms with E-state index in [0.717, 1.165) is 85.0 Å². The van der Waals surface area contributed by atoms with Crippen LogP contribution < -0.4 is 10.6 Å². The van der Waals surface area contributed by atoms with Crippen LogP contribution in [-0.4, -0.2) is 91.1 Å². The van der Waals surface area contributed by atoms with Crippen LogP contribution in [0.1, 0.15) is 103 Å². The largest absolute Gasteiger partial charge is 0.446 e. The number of aromatic amines is 2. The van der Waals surface area contributed by atoms with E-state index < -0.39 is 24.3 Å². The van der Waals surface area contributed by atoms with Crippen molar-refractivity contribution in [1.29, 1.82) is 0 Å². The summed E-state index contributed by atoms with van der Waals surface area (Å²) in [5.74, 6) is 0.696. The van der Waals surface area contributed by atoms with Crippen LogP contribution in [0.4, 0.5) is 9.59 Å². The smallest absolute Gasteiger partial charge is 0.408 e. The van der Waals surface area contributed by atoms with Crippen molar-refractivity contribution < 1.29 is 28.7 Å². The van der Waals surface area contributed by atoms with Gasteiger partial charge in [0.2, 0.25) is 11.8 Å². The standard InChI is InChI=1S/C48H58N8O6/c1-29(2)41(53-47(59)61-35-11-5-6-12-35)45(57)55-25-9-15-39(55)43-49-27-37(51-43)33-21-17-31(18-22-33)32-19-23-34(24-20-32)38-28-50-44(52-38)40-16-10-26-56(40)46(58)42(30(3)4)54-48(60)62-36-13-7-8-14-36/h9-10,15-24,27-30,35-36,39-42H,5-8,11-14,25-26H2,1-4H3,(H,49,51)(H,50,52)(H,53,59)(H,54,60)/t39-,40-,41-,42?/m0/s1. The highest BCUT2D eigenvalue weighted by Gasteiger charge is 2.37. The summed E-state index contributed by atoms with van der Waals surface area (Å²) < 4.78 is 11.2. The Morgan fingerprint density at radius 3 is 1.58 bits per heavy atom. The lowest BCUT2D eigenvalue weighted by molar-refractivity contribution is -0.135. The SMILES string of the molecule is CC(C)C(NC(=O)OC1CCCC1)C(=O)N1CC=C[C@H]1c1nc(-c2ccc(-c3ccc(-c4cnc([C@@H]5C=CCN5C(=O)[C@@H](NC(=O)OC5CCCC5)C(C)C)[nH]4)cc3)cc2)c[nH]1. The maximum absolute atomic E-state index is 13.8. The van der Waals surface area contributed by atoms with Crippen molar-refractivity contribution in [3.8, 4) is 33.6 Å². The number of H-pyrrole nitrogens is 2. The van der Waals surface area contributed by atoms with Gasteiger partial charge in [0.05, 0.1) is 17.6 Å². The molecule has 1 unspecified atom stereocenters. The highest BCUT2D eigenvalue weighted by atomic mass is 16.6. The Kier molecular flexibility index (Phi) is 12.9. The summed E-state index contributed by atoms with van der Waals surface area (Å²) in [6.07, 6.45) is 17.9. The minimum Gasteiger partial charge on any atom is -0.446 e. The Morgan fingerprint density at radius 1 is 0.645 bits per heavy atom. The summed E-state index contributed by atoms with van der Waals surface area (Å²) in [6.45, 7) is 8.53. The van der Waals surface area contributed by atoms with Gasteiger partial charge in [-0.25, -0.2) is 19.6 Å². The van der Waals surface area contributed by atoms with E-state index in [9.17, 15) is 19.2 Å². The number of nitrogens with one attached hydrogen (secondary N) is 4. The van der Waals surface area contributed by atoms with Gasteiger partial charge in [0.25, 0.3) is 0 Å².